The van der Waals surface area contributed by atoms with Gasteiger partial charge in [0.1, 0.15) is 0 Å². The fourth-order valence-corrected chi connectivity index (χ4v) is 2.72. The first-order chi connectivity index (χ1) is 6.16. The fraction of sp³-hybridized carbons (Fsp3) is 0.583. The van der Waals surface area contributed by atoms with Gasteiger partial charge in [-0.1, -0.05) is 19.9 Å². The van der Waals surface area contributed by atoms with Gasteiger partial charge in [0.25, 0.3) is 0 Å². The highest BCUT2D eigenvalue weighted by molar-refractivity contribution is 5.33. The highest BCUT2D eigenvalue weighted by Gasteiger charge is 2.50. The van der Waals surface area contributed by atoms with Gasteiger partial charge in [0.2, 0.25) is 0 Å². The number of fused-ring (bicyclic) bond motifs is 1. The first-order valence-corrected chi connectivity index (χ1v) is 4.92. The second-order valence-corrected chi connectivity index (χ2v) is 4.71. The molecule has 2 atom stereocenters. The molecule has 1 heteroatoms. The Balaban J connectivity index is 2.20. The number of nitrogens with zero attached hydrogens (tertiary/aromatic N) is 1. The molecule has 0 spiro atoms. The first-order valence-electron chi connectivity index (χ1n) is 4.92. The second-order valence-electron chi connectivity index (χ2n) is 4.71. The van der Waals surface area contributed by atoms with Crippen LogP contribution in [0.15, 0.2) is 23.8 Å². The van der Waals surface area contributed by atoms with Gasteiger partial charge in [-0.25, -0.2) is 0 Å². The van der Waals surface area contributed by atoms with Crippen LogP contribution in [0.5, 0.6) is 0 Å². The summed E-state index contributed by atoms with van der Waals surface area (Å²) in [6.45, 7) is 4.69. The molecule has 13 heavy (non-hydrogen) atoms. The van der Waals surface area contributed by atoms with Crippen LogP contribution in [0.2, 0.25) is 0 Å². The lowest BCUT2D eigenvalue weighted by atomic mass is 9.49. The van der Waals surface area contributed by atoms with Crippen LogP contribution in [0.25, 0.3) is 0 Å². The number of nitriles is 1. The van der Waals surface area contributed by atoms with E-state index in [0.29, 0.717) is 11.3 Å². The number of hydrogen-bond acceptors (Lipinski definition) is 1. The highest BCUT2D eigenvalue weighted by atomic mass is 14.5. The Labute approximate surface area is 79.8 Å². The van der Waals surface area contributed by atoms with Gasteiger partial charge in [-0.3, -0.25) is 0 Å². The molecule has 0 heterocycles. The Bertz CT molecular complexity index is 315. The zero-order valence-corrected chi connectivity index (χ0v) is 8.25. The number of rotatable bonds is 1. The molecule has 1 fully saturated rings. The summed E-state index contributed by atoms with van der Waals surface area (Å²) >= 11 is 0. The predicted molar refractivity (Wildman–Crippen MR) is 52.8 cm³/mol. The van der Waals surface area contributed by atoms with Gasteiger partial charge >= 0.3 is 0 Å². The summed E-state index contributed by atoms with van der Waals surface area (Å²) in [6, 6.07) is 2.06. The molecule has 3 aliphatic rings. The lowest BCUT2D eigenvalue weighted by Gasteiger charge is -2.56. The topological polar surface area (TPSA) is 23.8 Å². The standard InChI is InChI=1S/C12H15N/c1-12(2)10-6-5-9(4-3-7-13)11(12)8-10/h3-5,10-11H,6,8H2,1-2H3/b4-3+/t10-,11+/m1/s1. The molecule has 68 valence electrons. The summed E-state index contributed by atoms with van der Waals surface area (Å²) in [6.07, 6.45) is 8.42. The van der Waals surface area contributed by atoms with Crippen LogP contribution in [0.1, 0.15) is 26.7 Å². The van der Waals surface area contributed by atoms with Crippen molar-refractivity contribution < 1.29 is 0 Å². The molecule has 0 aromatic heterocycles. The second kappa shape index (κ2) is 2.73. The molecular weight excluding hydrogens is 158 g/mol. The third kappa shape index (κ3) is 1.13. The Kier molecular flexibility index (Phi) is 1.80. The molecule has 0 N–H and O–H groups in total. The third-order valence-corrected chi connectivity index (χ3v) is 3.86. The minimum Gasteiger partial charge on any atom is -0.193 e. The van der Waals surface area contributed by atoms with E-state index >= 15 is 0 Å². The monoisotopic (exact) mass is 173 g/mol. The van der Waals surface area contributed by atoms with Gasteiger partial charge in [-0.2, -0.15) is 5.26 Å². The van der Waals surface area contributed by atoms with Crippen LogP contribution < -0.4 is 0 Å². The van der Waals surface area contributed by atoms with E-state index in [1.54, 1.807) is 6.08 Å². The summed E-state index contributed by atoms with van der Waals surface area (Å²) in [5.74, 6) is 1.59. The van der Waals surface area contributed by atoms with Crippen LogP contribution in [-0.4, -0.2) is 0 Å². The molecule has 0 aromatic carbocycles. The van der Waals surface area contributed by atoms with E-state index in [1.165, 1.54) is 18.4 Å². The van der Waals surface area contributed by atoms with Crippen molar-refractivity contribution in [1.29, 1.82) is 5.26 Å². The van der Waals surface area contributed by atoms with Crippen molar-refractivity contribution in [3.05, 3.63) is 23.8 Å². The maximum absolute atomic E-state index is 8.46. The van der Waals surface area contributed by atoms with Gasteiger partial charge < -0.3 is 0 Å². The number of allylic oxidation sites excluding steroid dienone is 4. The molecule has 3 aliphatic carbocycles. The van der Waals surface area contributed by atoms with E-state index in [2.05, 4.69) is 26.0 Å². The maximum Gasteiger partial charge on any atom is 0.0912 e. The van der Waals surface area contributed by atoms with Crippen molar-refractivity contribution in [3.8, 4) is 6.07 Å². The van der Waals surface area contributed by atoms with E-state index in [1.807, 2.05) is 6.08 Å². The van der Waals surface area contributed by atoms with E-state index in [9.17, 15) is 0 Å². The van der Waals surface area contributed by atoms with Crippen molar-refractivity contribution in [2.45, 2.75) is 26.7 Å². The third-order valence-electron chi connectivity index (χ3n) is 3.86. The van der Waals surface area contributed by atoms with E-state index < -0.39 is 0 Å². The smallest absolute Gasteiger partial charge is 0.0912 e. The minimum absolute atomic E-state index is 0.476. The zero-order valence-electron chi connectivity index (χ0n) is 8.25. The Morgan fingerprint density at radius 3 is 2.92 bits per heavy atom. The van der Waals surface area contributed by atoms with Crippen molar-refractivity contribution in [1.82, 2.24) is 0 Å². The Hall–Kier alpha value is -1.03. The molecule has 1 saturated carbocycles. The predicted octanol–water partition coefficient (Wildman–Crippen LogP) is 3.06. The van der Waals surface area contributed by atoms with Crippen molar-refractivity contribution in [3.63, 3.8) is 0 Å². The summed E-state index contributed by atoms with van der Waals surface area (Å²) < 4.78 is 0. The van der Waals surface area contributed by atoms with Gasteiger partial charge in [0.15, 0.2) is 0 Å². The molecule has 0 aliphatic heterocycles. The van der Waals surface area contributed by atoms with Crippen LogP contribution in [-0.2, 0) is 0 Å². The normalized spacial score (nSPS) is 35.0. The highest BCUT2D eigenvalue weighted by Crippen LogP contribution is 2.59. The van der Waals surface area contributed by atoms with Crippen LogP contribution in [0.4, 0.5) is 0 Å². The molecule has 3 rings (SSSR count). The SMILES string of the molecule is CC1(C)[C@@H]2CC=C(/C=C/C#N)[C@@H]1C2. The van der Waals surface area contributed by atoms with Crippen molar-refractivity contribution in [2.75, 3.05) is 0 Å². The molecule has 1 nitrogen and oxygen atoms in total. The van der Waals surface area contributed by atoms with Gasteiger partial charge in [0, 0.05) is 6.08 Å². The zero-order chi connectivity index (χ0) is 9.47. The molecule has 0 saturated heterocycles. The molecule has 2 bridgehead atoms. The summed E-state index contributed by atoms with van der Waals surface area (Å²) in [5, 5.41) is 8.46. The quantitative estimate of drug-likeness (QED) is 0.559. The summed E-state index contributed by atoms with van der Waals surface area (Å²) in [7, 11) is 0. The summed E-state index contributed by atoms with van der Waals surface area (Å²) in [5.41, 5.74) is 1.86. The van der Waals surface area contributed by atoms with Gasteiger partial charge in [-0.15, -0.1) is 0 Å². The largest absolute Gasteiger partial charge is 0.193 e. The minimum atomic E-state index is 0.476. The van der Waals surface area contributed by atoms with E-state index in [4.69, 9.17) is 5.26 Å². The molecule has 0 radical (unpaired) electrons. The molecule has 0 amide bonds. The number of hydrogen-bond donors (Lipinski definition) is 0. The van der Waals surface area contributed by atoms with Gasteiger partial charge in [-0.05, 0) is 41.7 Å². The first kappa shape index (κ1) is 8.56. The van der Waals surface area contributed by atoms with Crippen molar-refractivity contribution in [2.24, 2.45) is 17.3 Å². The maximum atomic E-state index is 8.46. The molecule has 0 aromatic rings. The van der Waals surface area contributed by atoms with Crippen LogP contribution in [0.3, 0.4) is 0 Å². The Morgan fingerprint density at radius 1 is 1.62 bits per heavy atom. The molecular formula is C12H15N. The average molecular weight is 173 g/mol. The average Bonchev–Trinajstić information content (AvgIpc) is 2.14. The fourth-order valence-electron chi connectivity index (χ4n) is 2.72. The Morgan fingerprint density at radius 2 is 2.38 bits per heavy atom. The van der Waals surface area contributed by atoms with E-state index in [0.717, 1.165) is 5.92 Å². The lowest BCUT2D eigenvalue weighted by molar-refractivity contribution is -0.00328. The van der Waals surface area contributed by atoms with Crippen molar-refractivity contribution >= 4 is 0 Å². The van der Waals surface area contributed by atoms with Gasteiger partial charge in [0.05, 0.1) is 6.07 Å². The molecule has 0 unspecified atom stereocenters. The van der Waals surface area contributed by atoms with E-state index in [-0.39, 0.29) is 0 Å². The summed E-state index contributed by atoms with van der Waals surface area (Å²) in [4.78, 5) is 0. The lowest BCUT2D eigenvalue weighted by Crippen LogP contribution is -2.47. The van der Waals surface area contributed by atoms with Crippen LogP contribution in [0, 0.1) is 28.6 Å². The van der Waals surface area contributed by atoms with Crippen LogP contribution >= 0.6 is 0 Å².